The number of carboxylic acids is 2. The molecule has 18 heavy (non-hydrogen) atoms. The van der Waals surface area contributed by atoms with Crippen molar-refractivity contribution in [3.63, 3.8) is 0 Å². The Bertz CT molecular complexity index is 362. The summed E-state index contributed by atoms with van der Waals surface area (Å²) in [6.45, 7) is 4.57. The second-order valence-corrected chi connectivity index (χ2v) is 5.91. The highest BCUT2D eigenvalue weighted by Gasteiger charge is 2.56. The monoisotopic (exact) mass is 256 g/mol. The largest absolute Gasteiger partial charge is 0.481 e. The van der Waals surface area contributed by atoms with Crippen LogP contribution in [0.4, 0.5) is 0 Å². The molecule has 0 aromatic carbocycles. The number of hydrogen-bond acceptors (Lipinski definition) is 3. The van der Waals surface area contributed by atoms with E-state index < -0.39 is 23.3 Å². The Morgan fingerprint density at radius 1 is 1.28 bits per heavy atom. The van der Waals surface area contributed by atoms with Gasteiger partial charge in [0.2, 0.25) is 0 Å². The number of hydrogen-bond donors (Lipinski definition) is 2. The normalized spacial score (nSPS) is 43.4. The molecule has 0 amide bonds. The summed E-state index contributed by atoms with van der Waals surface area (Å²) < 4.78 is 5.12. The van der Waals surface area contributed by atoms with Gasteiger partial charge in [-0.15, -0.1) is 0 Å². The van der Waals surface area contributed by atoms with E-state index in [-0.39, 0.29) is 17.9 Å². The first kappa shape index (κ1) is 13.3. The number of aliphatic carboxylic acids is 2. The van der Waals surface area contributed by atoms with Crippen molar-refractivity contribution in [3.05, 3.63) is 0 Å². The Kier molecular flexibility index (Phi) is 3.36. The van der Waals surface area contributed by atoms with Crippen LogP contribution in [0.15, 0.2) is 0 Å². The smallest absolute Gasteiger partial charge is 0.310 e. The summed E-state index contributed by atoms with van der Waals surface area (Å²) in [7, 11) is 0. The summed E-state index contributed by atoms with van der Waals surface area (Å²) in [5.41, 5.74) is -1.15. The van der Waals surface area contributed by atoms with E-state index in [9.17, 15) is 19.8 Å². The van der Waals surface area contributed by atoms with Gasteiger partial charge >= 0.3 is 11.9 Å². The van der Waals surface area contributed by atoms with E-state index in [1.165, 1.54) is 0 Å². The van der Waals surface area contributed by atoms with Crippen molar-refractivity contribution in [1.82, 2.24) is 0 Å². The summed E-state index contributed by atoms with van der Waals surface area (Å²) in [5.74, 6) is -2.29. The number of epoxide rings is 1. The lowest BCUT2D eigenvalue weighted by Crippen LogP contribution is -2.49. The highest BCUT2D eigenvalue weighted by atomic mass is 16.6. The highest BCUT2D eigenvalue weighted by Crippen LogP contribution is 2.50. The maximum absolute atomic E-state index is 11.7. The van der Waals surface area contributed by atoms with Crippen LogP contribution in [0.2, 0.25) is 0 Å². The van der Waals surface area contributed by atoms with Crippen LogP contribution in [-0.4, -0.2) is 34.9 Å². The molecule has 5 atom stereocenters. The zero-order chi connectivity index (χ0) is 13.5. The molecule has 5 unspecified atom stereocenters. The van der Waals surface area contributed by atoms with Gasteiger partial charge in [-0.3, -0.25) is 9.59 Å². The van der Waals surface area contributed by atoms with Crippen molar-refractivity contribution >= 4 is 11.9 Å². The summed E-state index contributed by atoms with van der Waals surface area (Å²) in [4.78, 5) is 23.1. The van der Waals surface area contributed by atoms with E-state index in [2.05, 4.69) is 0 Å². The van der Waals surface area contributed by atoms with Gasteiger partial charge in [0.15, 0.2) is 0 Å². The van der Waals surface area contributed by atoms with Crippen LogP contribution >= 0.6 is 0 Å². The highest BCUT2D eigenvalue weighted by molar-refractivity contribution is 5.84. The molecule has 2 fully saturated rings. The molecule has 1 aliphatic heterocycles. The van der Waals surface area contributed by atoms with E-state index in [1.807, 2.05) is 13.8 Å². The minimum absolute atomic E-state index is 0.0662. The Hall–Kier alpha value is -1.10. The zero-order valence-electron chi connectivity index (χ0n) is 10.8. The molecule has 0 aromatic rings. The van der Waals surface area contributed by atoms with Gasteiger partial charge in [0.25, 0.3) is 0 Å². The predicted molar refractivity (Wildman–Crippen MR) is 63.1 cm³/mol. The maximum Gasteiger partial charge on any atom is 0.310 e. The SMILES string of the molecule is CC1CC(C(=O)O)C(CC2CO2)(C(=O)O)CC1C. The van der Waals surface area contributed by atoms with E-state index in [0.29, 0.717) is 25.9 Å². The summed E-state index contributed by atoms with van der Waals surface area (Å²) in [5, 5.41) is 18.9. The molecule has 2 aliphatic rings. The fourth-order valence-electron chi connectivity index (χ4n) is 3.23. The van der Waals surface area contributed by atoms with Gasteiger partial charge < -0.3 is 14.9 Å². The van der Waals surface area contributed by atoms with Crippen molar-refractivity contribution in [2.24, 2.45) is 23.2 Å². The molecule has 0 radical (unpaired) electrons. The molecular formula is C13H20O5. The molecule has 5 heteroatoms. The van der Waals surface area contributed by atoms with Crippen molar-refractivity contribution in [2.45, 2.75) is 39.2 Å². The minimum Gasteiger partial charge on any atom is -0.481 e. The lowest BCUT2D eigenvalue weighted by molar-refractivity contribution is -0.170. The topological polar surface area (TPSA) is 87.1 Å². The van der Waals surface area contributed by atoms with Crippen LogP contribution in [0, 0.1) is 23.2 Å². The second-order valence-electron chi connectivity index (χ2n) is 5.91. The van der Waals surface area contributed by atoms with E-state index >= 15 is 0 Å². The predicted octanol–water partition coefficient (Wildman–Crippen LogP) is 1.61. The minimum atomic E-state index is -1.15. The van der Waals surface area contributed by atoms with Gasteiger partial charge in [0, 0.05) is 0 Å². The molecule has 2 rings (SSSR count). The summed E-state index contributed by atoms with van der Waals surface area (Å²) >= 11 is 0. The molecule has 1 aliphatic carbocycles. The van der Waals surface area contributed by atoms with Gasteiger partial charge in [-0.1, -0.05) is 13.8 Å². The van der Waals surface area contributed by atoms with Gasteiger partial charge in [-0.2, -0.15) is 0 Å². The second kappa shape index (κ2) is 4.53. The lowest BCUT2D eigenvalue weighted by Gasteiger charge is -2.44. The molecule has 102 valence electrons. The molecule has 0 bridgehead atoms. The number of rotatable bonds is 4. The van der Waals surface area contributed by atoms with Crippen molar-refractivity contribution in [2.75, 3.05) is 6.61 Å². The van der Waals surface area contributed by atoms with Crippen LogP contribution in [0.3, 0.4) is 0 Å². The van der Waals surface area contributed by atoms with Crippen LogP contribution in [-0.2, 0) is 14.3 Å². The van der Waals surface area contributed by atoms with Gasteiger partial charge in [0.1, 0.15) is 0 Å². The molecule has 1 saturated carbocycles. The first-order valence-corrected chi connectivity index (χ1v) is 6.44. The van der Waals surface area contributed by atoms with Crippen LogP contribution in [0.5, 0.6) is 0 Å². The number of carbonyl (C=O) groups is 2. The first-order chi connectivity index (χ1) is 8.36. The van der Waals surface area contributed by atoms with Crippen LogP contribution in [0.25, 0.3) is 0 Å². The fraction of sp³-hybridized carbons (Fsp3) is 0.846. The Morgan fingerprint density at radius 2 is 1.89 bits per heavy atom. The fourth-order valence-corrected chi connectivity index (χ4v) is 3.23. The average Bonchev–Trinajstić information content (AvgIpc) is 3.06. The van der Waals surface area contributed by atoms with Crippen molar-refractivity contribution < 1.29 is 24.5 Å². The molecule has 0 spiro atoms. The zero-order valence-corrected chi connectivity index (χ0v) is 10.8. The maximum atomic E-state index is 11.7. The molecular weight excluding hydrogens is 236 g/mol. The van der Waals surface area contributed by atoms with Crippen LogP contribution < -0.4 is 0 Å². The average molecular weight is 256 g/mol. The summed E-state index contributed by atoms with van der Waals surface area (Å²) in [6, 6.07) is 0. The third-order valence-electron chi connectivity index (χ3n) is 4.65. The lowest BCUT2D eigenvalue weighted by atomic mass is 9.58. The molecule has 0 aromatic heterocycles. The van der Waals surface area contributed by atoms with Gasteiger partial charge in [0.05, 0.1) is 24.0 Å². The molecule has 1 saturated heterocycles. The number of ether oxygens (including phenoxy) is 1. The molecule has 2 N–H and O–H groups in total. The van der Waals surface area contributed by atoms with Gasteiger partial charge in [-0.05, 0) is 31.1 Å². The molecule has 1 heterocycles. The third-order valence-corrected chi connectivity index (χ3v) is 4.65. The van der Waals surface area contributed by atoms with Crippen molar-refractivity contribution in [1.29, 1.82) is 0 Å². The quantitative estimate of drug-likeness (QED) is 0.746. The number of carboxylic acid groups (broad SMARTS) is 2. The Balaban J connectivity index is 2.31. The van der Waals surface area contributed by atoms with Crippen LogP contribution in [0.1, 0.15) is 33.1 Å². The van der Waals surface area contributed by atoms with E-state index in [0.717, 1.165) is 0 Å². The standard InChI is InChI=1S/C13H20O5/c1-7-3-10(11(14)15)13(12(16)17,4-8(7)2)5-9-6-18-9/h7-10H,3-6H2,1-2H3,(H,14,15)(H,16,17). The first-order valence-electron chi connectivity index (χ1n) is 6.44. The Morgan fingerprint density at radius 3 is 2.33 bits per heavy atom. The third kappa shape index (κ3) is 2.23. The van der Waals surface area contributed by atoms with Gasteiger partial charge in [-0.25, -0.2) is 0 Å². The van der Waals surface area contributed by atoms with E-state index in [4.69, 9.17) is 4.74 Å². The molecule has 5 nitrogen and oxygen atoms in total. The summed E-state index contributed by atoms with van der Waals surface area (Å²) in [6.07, 6.45) is 1.13. The van der Waals surface area contributed by atoms with E-state index in [1.54, 1.807) is 0 Å². The van der Waals surface area contributed by atoms with Crippen molar-refractivity contribution in [3.8, 4) is 0 Å². The Labute approximate surface area is 106 Å².